The van der Waals surface area contributed by atoms with Crippen LogP contribution in [0.1, 0.15) is 264 Å². The summed E-state index contributed by atoms with van der Waals surface area (Å²) in [6, 6.07) is 0. The fourth-order valence-electron chi connectivity index (χ4n) is 6.84. The predicted octanol–water partition coefficient (Wildman–Crippen LogP) is 17.1. The van der Waals surface area contributed by atoms with E-state index in [1.165, 1.54) is 212 Å². The van der Waals surface area contributed by atoms with Crippen LogP contribution in [0, 0.1) is 6.61 Å². The number of ether oxygens (including phenoxy) is 1. The van der Waals surface area contributed by atoms with Crippen LogP contribution in [0.2, 0.25) is 0 Å². The molecule has 2 heteroatoms. The van der Waals surface area contributed by atoms with Gasteiger partial charge in [0, 0.05) is 6.42 Å². The second-order valence-corrected chi connectivity index (χ2v) is 15.3. The summed E-state index contributed by atoms with van der Waals surface area (Å²) in [4.78, 5) is 12.0. The molecule has 1 radical (unpaired) electrons. The maximum atomic E-state index is 12.0. The number of hydrogen-bond acceptors (Lipinski definition) is 2. The summed E-state index contributed by atoms with van der Waals surface area (Å²) in [7, 11) is 0. The average Bonchev–Trinajstić information content (AvgIpc) is 3.11. The monoisotopic (exact) mass is 686 g/mol. The lowest BCUT2D eigenvalue weighted by atomic mass is 10.0. The van der Waals surface area contributed by atoms with Crippen LogP contribution in [0.25, 0.3) is 0 Å². The van der Waals surface area contributed by atoms with E-state index in [-0.39, 0.29) is 5.97 Å². The first kappa shape index (κ1) is 48.0. The lowest BCUT2D eigenvalue weighted by Crippen LogP contribution is -2.02. The topological polar surface area (TPSA) is 26.3 Å². The van der Waals surface area contributed by atoms with Crippen molar-refractivity contribution < 1.29 is 9.53 Å². The second-order valence-electron chi connectivity index (χ2n) is 15.3. The van der Waals surface area contributed by atoms with Gasteiger partial charge in [-0.2, -0.15) is 0 Å². The molecule has 0 unspecified atom stereocenters. The van der Waals surface area contributed by atoms with E-state index < -0.39 is 0 Å². The molecule has 0 heterocycles. The highest BCUT2D eigenvalue weighted by Crippen LogP contribution is 2.17. The van der Waals surface area contributed by atoms with Crippen molar-refractivity contribution >= 4 is 5.97 Å². The summed E-state index contributed by atoms with van der Waals surface area (Å²) >= 11 is 0. The van der Waals surface area contributed by atoms with Crippen molar-refractivity contribution in [2.75, 3.05) is 0 Å². The molecule has 2 nitrogen and oxygen atoms in total. The molecule has 49 heavy (non-hydrogen) atoms. The van der Waals surface area contributed by atoms with Crippen molar-refractivity contribution in [1.29, 1.82) is 0 Å². The molecule has 0 saturated carbocycles. The minimum absolute atomic E-state index is 0.0412. The molecule has 0 saturated heterocycles. The molecule has 0 aromatic rings. The smallest absolute Gasteiger partial charge is 0.306 e. The first-order chi connectivity index (χ1) is 24.3. The first-order valence-corrected chi connectivity index (χ1v) is 22.6. The van der Waals surface area contributed by atoms with Crippen LogP contribution < -0.4 is 0 Å². The van der Waals surface area contributed by atoms with E-state index in [4.69, 9.17) is 4.74 Å². The van der Waals surface area contributed by atoms with Gasteiger partial charge in [0.15, 0.2) is 0 Å². The Morgan fingerprint density at radius 2 is 0.633 bits per heavy atom. The molecule has 0 atom stereocenters. The maximum Gasteiger partial charge on any atom is 0.306 e. The number of carbonyl (C=O) groups is 1. The Morgan fingerprint density at radius 1 is 0.347 bits per heavy atom. The number of esters is 1. The highest BCUT2D eigenvalue weighted by Gasteiger charge is 2.03. The lowest BCUT2D eigenvalue weighted by molar-refractivity contribution is -0.140. The van der Waals surface area contributed by atoms with Crippen molar-refractivity contribution in [3.05, 3.63) is 30.9 Å². The van der Waals surface area contributed by atoms with E-state index in [1.54, 1.807) is 6.61 Å². The molecule has 0 aromatic heterocycles. The fraction of sp³-hybridized carbons (Fsp3) is 0.872. The van der Waals surface area contributed by atoms with E-state index in [9.17, 15) is 4.79 Å². The highest BCUT2D eigenvalue weighted by molar-refractivity contribution is 5.69. The van der Waals surface area contributed by atoms with Crippen LogP contribution >= 0.6 is 0 Å². The third-order valence-corrected chi connectivity index (χ3v) is 10.2. The molecule has 0 rings (SSSR count). The summed E-state index contributed by atoms with van der Waals surface area (Å²) in [5.41, 5.74) is 0. The SMILES string of the molecule is CCCCC/C=C/C/C=C/CCCCCCCC(=O)O[CH]CCCCCCCCCCCCCCCCCCCCCCCCCCCC. The third kappa shape index (κ3) is 44.9. The zero-order valence-electron chi connectivity index (χ0n) is 33.8. The van der Waals surface area contributed by atoms with Crippen LogP contribution in [-0.4, -0.2) is 5.97 Å². The van der Waals surface area contributed by atoms with Gasteiger partial charge in [-0.05, 0) is 51.4 Å². The molecule has 0 aliphatic heterocycles. The Kier molecular flexibility index (Phi) is 44.0. The van der Waals surface area contributed by atoms with Crippen LogP contribution in [0.5, 0.6) is 0 Å². The Bertz CT molecular complexity index is 665. The quantitative estimate of drug-likeness (QED) is 0.0363. The van der Waals surface area contributed by atoms with Gasteiger partial charge >= 0.3 is 5.97 Å². The Hall–Kier alpha value is -1.05. The van der Waals surface area contributed by atoms with Gasteiger partial charge in [-0.3, -0.25) is 4.79 Å². The van der Waals surface area contributed by atoms with E-state index >= 15 is 0 Å². The van der Waals surface area contributed by atoms with Crippen molar-refractivity contribution in [2.45, 2.75) is 264 Å². The van der Waals surface area contributed by atoms with Crippen molar-refractivity contribution in [3.8, 4) is 0 Å². The number of allylic oxidation sites excluding steroid dienone is 4. The van der Waals surface area contributed by atoms with Crippen molar-refractivity contribution in [2.24, 2.45) is 0 Å². The molecule has 0 bridgehead atoms. The number of carbonyl (C=O) groups excluding carboxylic acids is 1. The molecule has 0 aromatic carbocycles. The summed E-state index contributed by atoms with van der Waals surface area (Å²) < 4.78 is 5.34. The van der Waals surface area contributed by atoms with Crippen LogP contribution in [0.3, 0.4) is 0 Å². The van der Waals surface area contributed by atoms with E-state index in [1.807, 2.05) is 0 Å². The largest absolute Gasteiger partial charge is 0.458 e. The Balaban J connectivity index is 3.17. The highest BCUT2D eigenvalue weighted by atomic mass is 16.5. The summed E-state index contributed by atoms with van der Waals surface area (Å²) in [6.07, 6.45) is 61.1. The van der Waals surface area contributed by atoms with Gasteiger partial charge in [0.05, 0.1) is 0 Å². The van der Waals surface area contributed by atoms with Gasteiger partial charge < -0.3 is 4.74 Å². The van der Waals surface area contributed by atoms with Gasteiger partial charge in [0.2, 0.25) is 0 Å². The first-order valence-electron chi connectivity index (χ1n) is 22.6. The Morgan fingerprint density at radius 3 is 1.02 bits per heavy atom. The standard InChI is InChI=1S/C47H89O2/c1-3-5-7-9-11-13-15-17-19-20-21-22-23-24-25-26-27-28-29-30-32-34-36-38-40-42-44-46-49-47(48)45-43-41-39-37-35-33-31-18-16-14-12-10-8-6-4-2/h12,14,18,31,46H,3-11,13,15-17,19-30,32-45H2,1-2H3/b14-12+,31-18+. The minimum atomic E-state index is -0.0412. The van der Waals surface area contributed by atoms with E-state index in [0.717, 1.165) is 32.1 Å². The Labute approximate surface area is 309 Å². The van der Waals surface area contributed by atoms with Crippen molar-refractivity contribution in [1.82, 2.24) is 0 Å². The second kappa shape index (κ2) is 45.0. The van der Waals surface area contributed by atoms with E-state index in [2.05, 4.69) is 38.2 Å². The number of rotatable bonds is 42. The van der Waals surface area contributed by atoms with Gasteiger partial charge in [-0.25, -0.2) is 0 Å². The zero-order valence-corrected chi connectivity index (χ0v) is 33.8. The van der Waals surface area contributed by atoms with Crippen LogP contribution in [-0.2, 0) is 9.53 Å². The molecule has 0 fully saturated rings. The zero-order chi connectivity index (χ0) is 35.4. The minimum Gasteiger partial charge on any atom is -0.458 e. The summed E-state index contributed by atoms with van der Waals surface area (Å²) in [5.74, 6) is -0.0412. The molecular formula is C47H89O2. The molecule has 0 aliphatic rings. The van der Waals surface area contributed by atoms with E-state index in [0.29, 0.717) is 6.42 Å². The molecule has 0 aliphatic carbocycles. The molecule has 0 spiro atoms. The number of unbranched alkanes of at least 4 members (excludes halogenated alkanes) is 34. The fourth-order valence-corrected chi connectivity index (χ4v) is 6.84. The number of hydrogen-bond donors (Lipinski definition) is 0. The molecule has 289 valence electrons. The van der Waals surface area contributed by atoms with Gasteiger partial charge in [0.25, 0.3) is 0 Å². The average molecular weight is 686 g/mol. The van der Waals surface area contributed by atoms with Crippen LogP contribution in [0.15, 0.2) is 24.3 Å². The van der Waals surface area contributed by atoms with Crippen LogP contribution in [0.4, 0.5) is 0 Å². The van der Waals surface area contributed by atoms with Gasteiger partial charge in [0.1, 0.15) is 6.61 Å². The lowest BCUT2D eigenvalue weighted by Gasteiger charge is -2.05. The van der Waals surface area contributed by atoms with Gasteiger partial charge in [-0.1, -0.05) is 231 Å². The normalized spacial score (nSPS) is 11.8. The third-order valence-electron chi connectivity index (χ3n) is 10.2. The maximum absolute atomic E-state index is 12.0. The molecule has 0 N–H and O–H groups in total. The van der Waals surface area contributed by atoms with Crippen molar-refractivity contribution in [3.63, 3.8) is 0 Å². The summed E-state index contributed by atoms with van der Waals surface area (Å²) in [6.45, 7) is 6.32. The predicted molar refractivity (Wildman–Crippen MR) is 220 cm³/mol. The summed E-state index contributed by atoms with van der Waals surface area (Å²) in [5, 5.41) is 0. The molecular weight excluding hydrogens is 597 g/mol. The molecule has 0 amide bonds. The van der Waals surface area contributed by atoms with Gasteiger partial charge in [-0.15, -0.1) is 0 Å².